The van der Waals surface area contributed by atoms with Crippen LogP contribution in [0.5, 0.6) is 5.75 Å². The summed E-state index contributed by atoms with van der Waals surface area (Å²) in [4.78, 5) is 2.41. The van der Waals surface area contributed by atoms with Gasteiger partial charge in [-0.25, -0.2) is 0 Å². The van der Waals surface area contributed by atoms with Gasteiger partial charge in [-0.1, -0.05) is 11.6 Å². The van der Waals surface area contributed by atoms with Crippen molar-refractivity contribution in [1.82, 2.24) is 14.7 Å². The minimum absolute atomic E-state index is 0.338. The molecule has 0 radical (unpaired) electrons. The number of ether oxygens (including phenoxy) is 2. The van der Waals surface area contributed by atoms with Crippen LogP contribution in [0, 0.1) is 0 Å². The minimum Gasteiger partial charge on any atom is -0.493 e. The summed E-state index contributed by atoms with van der Waals surface area (Å²) in [6.45, 7) is 6.13. The van der Waals surface area contributed by atoms with Crippen molar-refractivity contribution < 1.29 is 9.47 Å². The van der Waals surface area contributed by atoms with E-state index in [0.29, 0.717) is 6.61 Å². The number of aryl methyl sites for hydroxylation is 1. The van der Waals surface area contributed by atoms with Gasteiger partial charge < -0.3 is 9.47 Å². The molecular weight excluding hydrogens is 326 g/mol. The third-order valence-electron chi connectivity index (χ3n) is 4.89. The Morgan fingerprint density at radius 3 is 3.00 bits per heavy atom. The van der Waals surface area contributed by atoms with Crippen molar-refractivity contribution >= 4 is 11.6 Å². The molecule has 0 bridgehead atoms. The van der Waals surface area contributed by atoms with Gasteiger partial charge in [0.25, 0.3) is 0 Å². The lowest BCUT2D eigenvalue weighted by molar-refractivity contribution is -0.105. The maximum absolute atomic E-state index is 6.29. The molecule has 0 N–H and O–H groups in total. The van der Waals surface area contributed by atoms with E-state index in [4.69, 9.17) is 21.1 Å². The zero-order valence-corrected chi connectivity index (χ0v) is 14.8. The summed E-state index contributed by atoms with van der Waals surface area (Å²) >= 11 is 6.29. The third-order valence-corrected chi connectivity index (χ3v) is 5.11. The maximum atomic E-state index is 6.29. The van der Waals surface area contributed by atoms with E-state index < -0.39 is 0 Å². The van der Waals surface area contributed by atoms with Crippen LogP contribution in [-0.4, -0.2) is 41.0 Å². The molecule has 6 heteroatoms. The van der Waals surface area contributed by atoms with Crippen molar-refractivity contribution in [2.24, 2.45) is 7.05 Å². The van der Waals surface area contributed by atoms with E-state index in [1.54, 1.807) is 0 Å². The van der Waals surface area contributed by atoms with Gasteiger partial charge in [-0.2, -0.15) is 5.10 Å². The number of halogens is 1. The molecule has 1 saturated heterocycles. The predicted molar refractivity (Wildman–Crippen MR) is 92.4 cm³/mol. The van der Waals surface area contributed by atoms with Gasteiger partial charge in [0.2, 0.25) is 0 Å². The number of fused-ring (bicyclic) bond motifs is 1. The molecule has 2 aliphatic heterocycles. The number of nitrogens with zero attached hydrogens (tertiary/aromatic N) is 3. The summed E-state index contributed by atoms with van der Waals surface area (Å²) in [5.41, 5.74) is 3.17. The SMILES string of the molecule is Cn1cc(C2(C)CN(Cc3cc(Cl)cc4c3OCC4)CCO2)cn1. The number of benzene rings is 1. The first-order chi connectivity index (χ1) is 11.5. The average Bonchev–Trinajstić information content (AvgIpc) is 3.16. The van der Waals surface area contributed by atoms with Gasteiger partial charge in [0.15, 0.2) is 0 Å². The molecule has 1 aromatic heterocycles. The van der Waals surface area contributed by atoms with Crippen LogP contribution in [0.4, 0.5) is 0 Å². The zero-order valence-electron chi connectivity index (χ0n) is 14.1. The fraction of sp³-hybridized carbons (Fsp3) is 0.500. The number of rotatable bonds is 3. The second-order valence-electron chi connectivity index (χ2n) is 6.84. The molecule has 4 rings (SSSR count). The number of hydrogen-bond acceptors (Lipinski definition) is 4. The molecule has 24 heavy (non-hydrogen) atoms. The number of aromatic nitrogens is 2. The van der Waals surface area contributed by atoms with Crippen LogP contribution in [0.3, 0.4) is 0 Å². The van der Waals surface area contributed by atoms with Crippen molar-refractivity contribution in [2.75, 3.05) is 26.3 Å². The Morgan fingerprint density at radius 1 is 1.33 bits per heavy atom. The van der Waals surface area contributed by atoms with Crippen molar-refractivity contribution in [3.63, 3.8) is 0 Å². The van der Waals surface area contributed by atoms with Gasteiger partial charge in [0, 0.05) is 55.4 Å². The summed E-state index contributed by atoms with van der Waals surface area (Å²) in [5, 5.41) is 5.07. The summed E-state index contributed by atoms with van der Waals surface area (Å²) in [6.07, 6.45) is 4.87. The molecule has 5 nitrogen and oxygen atoms in total. The lowest BCUT2D eigenvalue weighted by Crippen LogP contribution is -2.47. The third kappa shape index (κ3) is 2.92. The van der Waals surface area contributed by atoms with E-state index in [1.807, 2.05) is 36.3 Å². The second-order valence-corrected chi connectivity index (χ2v) is 7.28. The predicted octanol–water partition coefficient (Wildman–Crippen LogP) is 2.76. The highest BCUT2D eigenvalue weighted by atomic mass is 35.5. The van der Waals surface area contributed by atoms with Crippen LogP contribution in [0.15, 0.2) is 24.5 Å². The summed E-state index contributed by atoms with van der Waals surface area (Å²) in [7, 11) is 1.93. The van der Waals surface area contributed by atoms with E-state index in [0.717, 1.165) is 49.0 Å². The summed E-state index contributed by atoms with van der Waals surface area (Å²) in [6, 6.07) is 4.05. The van der Waals surface area contributed by atoms with Crippen molar-refractivity contribution in [3.05, 3.63) is 46.2 Å². The number of hydrogen-bond donors (Lipinski definition) is 0. The van der Waals surface area contributed by atoms with Crippen LogP contribution < -0.4 is 4.74 Å². The van der Waals surface area contributed by atoms with E-state index in [1.165, 1.54) is 11.1 Å². The molecule has 3 heterocycles. The molecule has 2 aliphatic rings. The van der Waals surface area contributed by atoms with E-state index in [-0.39, 0.29) is 5.60 Å². The molecular formula is C18H22ClN3O2. The first kappa shape index (κ1) is 15.9. The van der Waals surface area contributed by atoms with Crippen LogP contribution in [0.2, 0.25) is 5.02 Å². The van der Waals surface area contributed by atoms with Crippen LogP contribution in [-0.2, 0) is 30.4 Å². The molecule has 0 saturated carbocycles. The Balaban J connectivity index is 1.56. The van der Waals surface area contributed by atoms with Gasteiger partial charge in [0.05, 0.1) is 19.4 Å². The van der Waals surface area contributed by atoms with Crippen LogP contribution in [0.1, 0.15) is 23.6 Å². The van der Waals surface area contributed by atoms with E-state index in [2.05, 4.69) is 16.9 Å². The highest BCUT2D eigenvalue weighted by molar-refractivity contribution is 6.30. The molecule has 1 fully saturated rings. The molecule has 128 valence electrons. The van der Waals surface area contributed by atoms with Gasteiger partial charge in [-0.3, -0.25) is 9.58 Å². The molecule has 2 aromatic rings. The maximum Gasteiger partial charge on any atom is 0.127 e. The fourth-order valence-corrected chi connectivity index (χ4v) is 3.92. The standard InChI is InChI=1S/C18H22ClN3O2/c1-18(15-9-20-21(2)11-15)12-22(4-6-24-18)10-14-8-16(19)7-13-3-5-23-17(13)14/h7-9,11H,3-6,10,12H2,1-2H3. The smallest absolute Gasteiger partial charge is 0.127 e. The first-order valence-corrected chi connectivity index (χ1v) is 8.71. The van der Waals surface area contributed by atoms with Gasteiger partial charge >= 0.3 is 0 Å². The van der Waals surface area contributed by atoms with Crippen LogP contribution >= 0.6 is 11.6 Å². The molecule has 1 aromatic carbocycles. The topological polar surface area (TPSA) is 39.5 Å². The van der Waals surface area contributed by atoms with Gasteiger partial charge in [0.1, 0.15) is 11.4 Å². The summed E-state index contributed by atoms with van der Waals surface area (Å²) in [5.74, 6) is 1.02. The van der Waals surface area contributed by atoms with E-state index >= 15 is 0 Å². The Labute approximate surface area is 147 Å². The Kier molecular flexibility index (Phi) is 4.03. The van der Waals surface area contributed by atoms with Crippen LogP contribution in [0.25, 0.3) is 0 Å². The largest absolute Gasteiger partial charge is 0.493 e. The molecule has 0 amide bonds. The first-order valence-electron chi connectivity index (χ1n) is 8.33. The Bertz CT molecular complexity index is 761. The van der Waals surface area contributed by atoms with Gasteiger partial charge in [-0.05, 0) is 24.6 Å². The molecule has 0 spiro atoms. The lowest BCUT2D eigenvalue weighted by atomic mass is 9.96. The average molecular weight is 348 g/mol. The Hall–Kier alpha value is -1.56. The molecule has 0 aliphatic carbocycles. The highest BCUT2D eigenvalue weighted by Gasteiger charge is 2.35. The van der Waals surface area contributed by atoms with E-state index in [9.17, 15) is 0 Å². The zero-order chi connectivity index (χ0) is 16.7. The van der Waals surface area contributed by atoms with Crippen molar-refractivity contribution in [3.8, 4) is 5.75 Å². The second kappa shape index (κ2) is 6.06. The van der Waals surface area contributed by atoms with Crippen molar-refractivity contribution in [2.45, 2.75) is 25.5 Å². The quantitative estimate of drug-likeness (QED) is 0.856. The van der Waals surface area contributed by atoms with Crippen molar-refractivity contribution in [1.29, 1.82) is 0 Å². The monoisotopic (exact) mass is 347 g/mol. The summed E-state index contributed by atoms with van der Waals surface area (Å²) < 4.78 is 13.8. The Morgan fingerprint density at radius 2 is 2.21 bits per heavy atom. The number of morpholine rings is 1. The normalized spacial score (nSPS) is 24.0. The van der Waals surface area contributed by atoms with Gasteiger partial charge in [-0.15, -0.1) is 0 Å². The fourth-order valence-electron chi connectivity index (χ4n) is 3.66. The highest BCUT2D eigenvalue weighted by Crippen LogP contribution is 2.35. The lowest BCUT2D eigenvalue weighted by Gasteiger charge is -2.40. The molecule has 1 atom stereocenters. The minimum atomic E-state index is -0.338. The molecule has 1 unspecified atom stereocenters.